The van der Waals surface area contributed by atoms with Gasteiger partial charge in [-0.3, -0.25) is 0 Å². The van der Waals surface area contributed by atoms with Gasteiger partial charge in [0, 0.05) is 4.47 Å². The predicted octanol–water partition coefficient (Wildman–Crippen LogP) is 4.27. The van der Waals surface area contributed by atoms with Crippen LogP contribution in [0.2, 0.25) is 4.34 Å². The van der Waals surface area contributed by atoms with Crippen molar-refractivity contribution in [3.63, 3.8) is 0 Å². The molecule has 2 N–H and O–H groups in total. The summed E-state index contributed by atoms with van der Waals surface area (Å²) in [7, 11) is 0. The molecule has 0 fully saturated rings. The maximum absolute atomic E-state index is 5.97. The molecule has 0 saturated carbocycles. The van der Waals surface area contributed by atoms with E-state index >= 15 is 0 Å². The predicted molar refractivity (Wildman–Crippen MR) is 74.9 cm³/mol. The molecule has 16 heavy (non-hydrogen) atoms. The highest BCUT2D eigenvalue weighted by Gasteiger charge is 2.12. The topological polar surface area (TPSA) is 51.8 Å². The van der Waals surface area contributed by atoms with E-state index < -0.39 is 0 Å². The maximum atomic E-state index is 5.97. The highest BCUT2D eigenvalue weighted by Crippen LogP contribution is 2.37. The van der Waals surface area contributed by atoms with Gasteiger partial charge >= 0.3 is 0 Å². The fraction of sp³-hybridized carbons (Fsp3) is 0.111. The standard InChI is InChI=1S/C9H6Br2ClN3S/c1-3-6(11)8(13)15-9(14-3)5-2-4(10)7(12)16-5/h2H,1H3,(H2,13,14,15). The molecule has 84 valence electrons. The molecule has 2 aromatic heterocycles. The first-order chi connectivity index (χ1) is 7.49. The molecule has 0 aliphatic carbocycles. The smallest absolute Gasteiger partial charge is 0.172 e. The summed E-state index contributed by atoms with van der Waals surface area (Å²) in [4.78, 5) is 9.45. The Balaban J connectivity index is 2.56. The van der Waals surface area contributed by atoms with Crippen molar-refractivity contribution in [2.24, 2.45) is 0 Å². The normalized spacial score (nSPS) is 10.8. The van der Waals surface area contributed by atoms with Crippen LogP contribution in [0.15, 0.2) is 15.0 Å². The second kappa shape index (κ2) is 4.60. The quantitative estimate of drug-likeness (QED) is 0.800. The van der Waals surface area contributed by atoms with Crippen LogP contribution in [0.25, 0.3) is 10.7 Å². The van der Waals surface area contributed by atoms with Gasteiger partial charge < -0.3 is 5.73 Å². The van der Waals surface area contributed by atoms with Gasteiger partial charge in [-0.15, -0.1) is 11.3 Å². The van der Waals surface area contributed by atoms with Crippen LogP contribution in [0.1, 0.15) is 5.69 Å². The minimum Gasteiger partial charge on any atom is -0.383 e. The van der Waals surface area contributed by atoms with E-state index in [4.69, 9.17) is 17.3 Å². The molecule has 2 rings (SSSR count). The van der Waals surface area contributed by atoms with Gasteiger partial charge in [-0.2, -0.15) is 0 Å². The summed E-state index contributed by atoms with van der Waals surface area (Å²) in [5, 5.41) is 0. The molecule has 3 nitrogen and oxygen atoms in total. The SMILES string of the molecule is Cc1nc(-c2cc(Br)c(Cl)s2)nc(N)c1Br. The fourth-order valence-electron chi connectivity index (χ4n) is 1.15. The number of hydrogen-bond donors (Lipinski definition) is 1. The van der Waals surface area contributed by atoms with Gasteiger partial charge in [0.15, 0.2) is 5.82 Å². The van der Waals surface area contributed by atoms with Crippen LogP contribution < -0.4 is 5.73 Å². The lowest BCUT2D eigenvalue weighted by Crippen LogP contribution is -1.99. The van der Waals surface area contributed by atoms with Crippen LogP contribution in [0.3, 0.4) is 0 Å². The lowest BCUT2D eigenvalue weighted by molar-refractivity contribution is 1.11. The largest absolute Gasteiger partial charge is 0.383 e. The Morgan fingerprint density at radius 2 is 2.06 bits per heavy atom. The molecule has 0 spiro atoms. The van der Waals surface area contributed by atoms with Gasteiger partial charge in [0.25, 0.3) is 0 Å². The molecular formula is C9H6Br2ClN3S. The maximum Gasteiger partial charge on any atom is 0.172 e. The van der Waals surface area contributed by atoms with Crippen LogP contribution in [-0.4, -0.2) is 9.97 Å². The molecule has 0 bridgehead atoms. The summed E-state index contributed by atoms with van der Waals surface area (Å²) in [5.41, 5.74) is 6.57. The Morgan fingerprint density at radius 1 is 1.38 bits per heavy atom. The molecule has 0 unspecified atom stereocenters. The second-order valence-electron chi connectivity index (χ2n) is 3.06. The van der Waals surface area contributed by atoms with E-state index in [1.165, 1.54) is 11.3 Å². The minimum absolute atomic E-state index is 0.433. The van der Waals surface area contributed by atoms with Gasteiger partial charge in [0.05, 0.1) is 15.0 Å². The van der Waals surface area contributed by atoms with Gasteiger partial charge in [-0.1, -0.05) is 11.6 Å². The molecular weight excluding hydrogens is 377 g/mol. The summed E-state index contributed by atoms with van der Waals surface area (Å²) < 4.78 is 2.26. The number of rotatable bonds is 1. The number of nitrogen functional groups attached to an aromatic ring is 1. The number of hydrogen-bond acceptors (Lipinski definition) is 4. The molecule has 0 atom stereocenters. The van der Waals surface area contributed by atoms with Crippen molar-refractivity contribution in [3.05, 3.63) is 25.0 Å². The highest BCUT2D eigenvalue weighted by atomic mass is 79.9. The molecule has 0 radical (unpaired) electrons. The van der Waals surface area contributed by atoms with Crippen LogP contribution in [0.5, 0.6) is 0 Å². The van der Waals surface area contributed by atoms with E-state index in [1.54, 1.807) is 0 Å². The Bertz CT molecular complexity index is 513. The first-order valence-corrected chi connectivity index (χ1v) is 7.02. The summed E-state index contributed by atoms with van der Waals surface area (Å²) in [6, 6.07) is 1.88. The molecule has 2 aromatic rings. The Morgan fingerprint density at radius 3 is 2.56 bits per heavy atom. The Hall–Kier alpha value is -0.170. The van der Waals surface area contributed by atoms with Crippen molar-refractivity contribution in [3.8, 4) is 10.7 Å². The van der Waals surface area contributed by atoms with Crippen LogP contribution in [-0.2, 0) is 0 Å². The number of aromatic nitrogens is 2. The number of halogens is 3. The number of aryl methyl sites for hydroxylation is 1. The third-order valence-corrected chi connectivity index (χ3v) is 5.36. The second-order valence-corrected chi connectivity index (χ2v) is 6.37. The summed E-state index contributed by atoms with van der Waals surface area (Å²) in [6.07, 6.45) is 0. The molecule has 2 heterocycles. The third-order valence-electron chi connectivity index (χ3n) is 1.91. The van der Waals surface area contributed by atoms with Crippen LogP contribution in [0, 0.1) is 6.92 Å². The molecule has 0 aliphatic heterocycles. The van der Waals surface area contributed by atoms with E-state index in [0.717, 1.165) is 19.5 Å². The van der Waals surface area contributed by atoms with Crippen molar-refractivity contribution >= 4 is 60.6 Å². The lowest BCUT2D eigenvalue weighted by Gasteiger charge is -2.03. The zero-order valence-electron chi connectivity index (χ0n) is 8.09. The van der Waals surface area contributed by atoms with E-state index in [-0.39, 0.29) is 0 Å². The van der Waals surface area contributed by atoms with Crippen molar-refractivity contribution in [1.29, 1.82) is 0 Å². The summed E-state index contributed by atoms with van der Waals surface area (Å²) >= 11 is 14.0. The third kappa shape index (κ3) is 2.25. The highest BCUT2D eigenvalue weighted by molar-refractivity contribution is 9.11. The zero-order chi connectivity index (χ0) is 11.9. The Kier molecular flexibility index (Phi) is 3.53. The number of anilines is 1. The van der Waals surface area contributed by atoms with Crippen molar-refractivity contribution in [1.82, 2.24) is 9.97 Å². The van der Waals surface area contributed by atoms with E-state index in [0.29, 0.717) is 16.0 Å². The van der Waals surface area contributed by atoms with Crippen LogP contribution in [0.4, 0.5) is 5.82 Å². The first-order valence-electron chi connectivity index (χ1n) is 4.24. The monoisotopic (exact) mass is 381 g/mol. The Labute approximate surface area is 118 Å². The van der Waals surface area contributed by atoms with E-state index in [1.807, 2.05) is 13.0 Å². The van der Waals surface area contributed by atoms with Crippen molar-refractivity contribution < 1.29 is 0 Å². The summed E-state index contributed by atoms with van der Waals surface area (Å²) in [6.45, 7) is 1.87. The fourth-order valence-corrected chi connectivity index (χ4v) is 2.96. The zero-order valence-corrected chi connectivity index (χ0v) is 12.8. The van der Waals surface area contributed by atoms with Crippen LogP contribution >= 0.6 is 54.8 Å². The van der Waals surface area contributed by atoms with Gasteiger partial charge in [0.1, 0.15) is 10.2 Å². The molecule has 0 aromatic carbocycles. The van der Waals surface area contributed by atoms with Gasteiger partial charge in [-0.25, -0.2) is 9.97 Å². The number of nitrogens with zero attached hydrogens (tertiary/aromatic N) is 2. The number of nitrogens with two attached hydrogens (primary N) is 1. The van der Waals surface area contributed by atoms with Crippen molar-refractivity contribution in [2.75, 3.05) is 5.73 Å². The molecule has 0 aliphatic rings. The average Bonchev–Trinajstić information content (AvgIpc) is 2.55. The minimum atomic E-state index is 0.433. The molecule has 0 amide bonds. The van der Waals surface area contributed by atoms with Gasteiger partial charge in [0.2, 0.25) is 0 Å². The van der Waals surface area contributed by atoms with E-state index in [9.17, 15) is 0 Å². The molecule has 7 heteroatoms. The van der Waals surface area contributed by atoms with Crippen molar-refractivity contribution in [2.45, 2.75) is 6.92 Å². The lowest BCUT2D eigenvalue weighted by atomic mass is 10.4. The van der Waals surface area contributed by atoms with Gasteiger partial charge in [-0.05, 0) is 44.8 Å². The molecule has 0 saturated heterocycles. The van der Waals surface area contributed by atoms with E-state index in [2.05, 4.69) is 41.8 Å². The summed E-state index contributed by atoms with van der Waals surface area (Å²) in [5.74, 6) is 1.03. The first kappa shape index (κ1) is 12.3. The average molecular weight is 383 g/mol. The number of thiophene rings is 1.